The summed E-state index contributed by atoms with van der Waals surface area (Å²) in [5.41, 5.74) is -0.411. The minimum absolute atomic E-state index is 0.0221. The molecule has 0 aliphatic heterocycles. The van der Waals surface area contributed by atoms with Crippen molar-refractivity contribution in [1.82, 2.24) is 5.32 Å². The summed E-state index contributed by atoms with van der Waals surface area (Å²) in [6.07, 6.45) is -0.647. The number of methoxy groups -OCH3 is 2. The van der Waals surface area contributed by atoms with Gasteiger partial charge in [-0.15, -0.1) is 0 Å². The van der Waals surface area contributed by atoms with Gasteiger partial charge in [-0.3, -0.25) is 14.9 Å². The topological polar surface area (TPSA) is 90.7 Å². The highest BCUT2D eigenvalue weighted by atomic mass is 35.5. The largest absolute Gasteiger partial charge is 0.354 e. The SMILES string of the molecule is COC(OC)C(C)NC(=O)c1cc(Cl)c(Cl)c([N+](=O)[O-])c1. The Morgan fingerprint density at radius 2 is 1.90 bits per heavy atom. The van der Waals surface area contributed by atoms with E-state index in [-0.39, 0.29) is 15.6 Å². The van der Waals surface area contributed by atoms with Crippen molar-refractivity contribution in [1.29, 1.82) is 0 Å². The number of nitrogens with zero attached hydrogens (tertiary/aromatic N) is 1. The number of nitrogens with one attached hydrogen (secondary N) is 1. The van der Waals surface area contributed by atoms with E-state index in [4.69, 9.17) is 32.7 Å². The second kappa shape index (κ2) is 7.56. The van der Waals surface area contributed by atoms with Crippen molar-refractivity contribution in [3.8, 4) is 0 Å². The number of hydrogen-bond donors (Lipinski definition) is 1. The molecule has 0 aliphatic carbocycles. The van der Waals surface area contributed by atoms with E-state index in [1.54, 1.807) is 6.92 Å². The van der Waals surface area contributed by atoms with Crippen LogP contribution in [0.1, 0.15) is 17.3 Å². The number of rotatable bonds is 6. The molecular formula is C12H14Cl2N2O5. The van der Waals surface area contributed by atoms with Gasteiger partial charge in [-0.25, -0.2) is 0 Å². The van der Waals surface area contributed by atoms with E-state index in [0.717, 1.165) is 6.07 Å². The monoisotopic (exact) mass is 336 g/mol. The van der Waals surface area contributed by atoms with Crippen molar-refractivity contribution in [3.05, 3.63) is 37.9 Å². The molecule has 1 amide bonds. The summed E-state index contributed by atoms with van der Waals surface area (Å²) in [7, 11) is 2.86. The van der Waals surface area contributed by atoms with E-state index in [1.165, 1.54) is 20.3 Å². The van der Waals surface area contributed by atoms with Gasteiger partial charge in [0.2, 0.25) is 0 Å². The number of ether oxygens (including phenoxy) is 2. The quantitative estimate of drug-likeness (QED) is 0.489. The van der Waals surface area contributed by atoms with Gasteiger partial charge in [-0.2, -0.15) is 0 Å². The van der Waals surface area contributed by atoms with E-state index >= 15 is 0 Å². The molecule has 0 spiro atoms. The maximum Gasteiger partial charge on any atom is 0.290 e. The minimum Gasteiger partial charge on any atom is -0.354 e. The number of halogens is 2. The molecule has 1 unspecified atom stereocenters. The van der Waals surface area contributed by atoms with Crippen LogP contribution in [-0.4, -0.2) is 37.4 Å². The molecule has 116 valence electrons. The number of amides is 1. The van der Waals surface area contributed by atoms with Crippen LogP contribution in [0.15, 0.2) is 12.1 Å². The number of carbonyl (C=O) groups excluding carboxylic acids is 1. The smallest absolute Gasteiger partial charge is 0.290 e. The first-order chi connectivity index (χ1) is 9.81. The number of carbonyl (C=O) groups is 1. The van der Waals surface area contributed by atoms with Gasteiger partial charge in [0.05, 0.1) is 16.0 Å². The Labute approximate surface area is 131 Å². The van der Waals surface area contributed by atoms with Gasteiger partial charge in [0, 0.05) is 25.8 Å². The van der Waals surface area contributed by atoms with Crippen LogP contribution in [0, 0.1) is 10.1 Å². The van der Waals surface area contributed by atoms with Gasteiger partial charge < -0.3 is 14.8 Å². The number of hydrogen-bond acceptors (Lipinski definition) is 5. The van der Waals surface area contributed by atoms with Crippen molar-refractivity contribution < 1.29 is 19.2 Å². The summed E-state index contributed by atoms with van der Waals surface area (Å²) in [5, 5.41) is 13.2. The average Bonchev–Trinajstić information content (AvgIpc) is 2.42. The predicted molar refractivity (Wildman–Crippen MR) is 77.9 cm³/mol. The molecule has 0 saturated carbocycles. The van der Waals surface area contributed by atoms with Gasteiger partial charge in [0.15, 0.2) is 6.29 Å². The number of benzene rings is 1. The van der Waals surface area contributed by atoms with Crippen molar-refractivity contribution in [2.75, 3.05) is 14.2 Å². The molecule has 0 saturated heterocycles. The molecule has 0 fully saturated rings. The van der Waals surface area contributed by atoms with Gasteiger partial charge >= 0.3 is 0 Å². The second-order valence-electron chi connectivity index (χ2n) is 4.15. The highest BCUT2D eigenvalue weighted by Crippen LogP contribution is 2.33. The van der Waals surface area contributed by atoms with Crippen LogP contribution < -0.4 is 5.32 Å². The maximum absolute atomic E-state index is 12.1. The lowest BCUT2D eigenvalue weighted by Gasteiger charge is -2.22. The minimum atomic E-state index is -0.707. The normalized spacial score (nSPS) is 12.3. The van der Waals surface area contributed by atoms with Crippen LogP contribution in [-0.2, 0) is 9.47 Å². The van der Waals surface area contributed by atoms with Crippen LogP contribution in [0.2, 0.25) is 10.0 Å². The zero-order valence-electron chi connectivity index (χ0n) is 11.6. The first-order valence-corrected chi connectivity index (χ1v) is 6.57. The van der Waals surface area contributed by atoms with E-state index in [0.29, 0.717) is 0 Å². The van der Waals surface area contributed by atoms with Crippen LogP contribution >= 0.6 is 23.2 Å². The summed E-state index contributed by atoms with van der Waals surface area (Å²) in [6, 6.07) is 1.85. The fourth-order valence-electron chi connectivity index (χ4n) is 1.70. The Hall–Kier alpha value is -1.41. The van der Waals surface area contributed by atoms with Crippen LogP contribution in [0.5, 0.6) is 0 Å². The third-order valence-corrected chi connectivity index (χ3v) is 3.49. The predicted octanol–water partition coefficient (Wildman–Crippen LogP) is 2.64. The fraction of sp³-hybridized carbons (Fsp3) is 0.417. The highest BCUT2D eigenvalue weighted by Gasteiger charge is 2.23. The lowest BCUT2D eigenvalue weighted by Crippen LogP contribution is -2.42. The van der Waals surface area contributed by atoms with E-state index in [1.807, 2.05) is 0 Å². The fourth-order valence-corrected chi connectivity index (χ4v) is 2.09. The third kappa shape index (κ3) is 4.28. The average molecular weight is 337 g/mol. The second-order valence-corrected chi connectivity index (χ2v) is 4.94. The van der Waals surface area contributed by atoms with Gasteiger partial charge in [-0.05, 0) is 13.0 Å². The summed E-state index contributed by atoms with van der Waals surface area (Å²) in [5.74, 6) is -0.553. The van der Waals surface area contributed by atoms with Crippen molar-refractivity contribution in [3.63, 3.8) is 0 Å². The maximum atomic E-state index is 12.1. The Bertz CT molecular complexity index is 549. The Balaban J connectivity index is 3.01. The van der Waals surface area contributed by atoms with Crippen LogP contribution in [0.25, 0.3) is 0 Å². The van der Waals surface area contributed by atoms with E-state index < -0.39 is 28.8 Å². The van der Waals surface area contributed by atoms with E-state index in [2.05, 4.69) is 5.32 Å². The molecule has 1 aromatic carbocycles. The molecule has 0 radical (unpaired) electrons. The zero-order chi connectivity index (χ0) is 16.2. The lowest BCUT2D eigenvalue weighted by molar-refractivity contribution is -0.384. The van der Waals surface area contributed by atoms with Crippen molar-refractivity contribution in [2.24, 2.45) is 0 Å². The zero-order valence-corrected chi connectivity index (χ0v) is 13.1. The molecular weight excluding hydrogens is 323 g/mol. The van der Waals surface area contributed by atoms with Crippen molar-refractivity contribution in [2.45, 2.75) is 19.3 Å². The highest BCUT2D eigenvalue weighted by molar-refractivity contribution is 6.43. The molecule has 9 heteroatoms. The summed E-state index contributed by atoms with van der Waals surface area (Å²) < 4.78 is 10.0. The summed E-state index contributed by atoms with van der Waals surface area (Å²) >= 11 is 11.5. The Morgan fingerprint density at radius 1 is 1.33 bits per heavy atom. The van der Waals surface area contributed by atoms with Crippen LogP contribution in [0.3, 0.4) is 0 Å². The summed E-state index contributed by atoms with van der Waals surface area (Å²) in [6.45, 7) is 1.67. The molecule has 1 aromatic rings. The van der Waals surface area contributed by atoms with Crippen LogP contribution in [0.4, 0.5) is 5.69 Å². The molecule has 7 nitrogen and oxygen atoms in total. The van der Waals surface area contributed by atoms with Gasteiger partial charge in [-0.1, -0.05) is 23.2 Å². The molecule has 0 bridgehead atoms. The van der Waals surface area contributed by atoms with Crippen molar-refractivity contribution >= 4 is 34.8 Å². The molecule has 1 rings (SSSR count). The number of nitro groups is 1. The Kier molecular flexibility index (Phi) is 6.35. The lowest BCUT2D eigenvalue weighted by atomic mass is 10.1. The molecule has 0 heterocycles. The first-order valence-electron chi connectivity index (χ1n) is 5.81. The third-order valence-electron chi connectivity index (χ3n) is 2.70. The standard InChI is InChI=1S/C12H14Cl2N2O5/c1-6(12(20-2)21-3)15-11(17)7-4-8(13)10(14)9(5-7)16(18)19/h4-6,12H,1-3H3,(H,15,17). The summed E-state index contributed by atoms with van der Waals surface area (Å²) in [4.78, 5) is 22.2. The number of nitro benzene ring substituents is 1. The van der Waals surface area contributed by atoms with Gasteiger partial charge in [0.1, 0.15) is 5.02 Å². The molecule has 21 heavy (non-hydrogen) atoms. The molecule has 1 N–H and O–H groups in total. The molecule has 1 atom stereocenters. The molecule has 0 aliphatic rings. The molecule has 0 aromatic heterocycles. The van der Waals surface area contributed by atoms with Gasteiger partial charge in [0.25, 0.3) is 11.6 Å². The Morgan fingerprint density at radius 3 is 2.38 bits per heavy atom. The first kappa shape index (κ1) is 17.6. The van der Waals surface area contributed by atoms with E-state index in [9.17, 15) is 14.9 Å².